The van der Waals surface area contributed by atoms with Crippen LogP contribution < -0.4 is 5.32 Å². The molecule has 88 valence electrons. The summed E-state index contributed by atoms with van der Waals surface area (Å²) in [6.07, 6.45) is 5.13. The molecule has 0 spiro atoms. The minimum absolute atomic E-state index is 0.739. The van der Waals surface area contributed by atoms with Gasteiger partial charge in [-0.3, -0.25) is 0 Å². The Kier molecular flexibility index (Phi) is 4.90. The lowest BCUT2D eigenvalue weighted by molar-refractivity contribution is 0.0452. The van der Waals surface area contributed by atoms with E-state index in [1.165, 1.54) is 25.7 Å². The van der Waals surface area contributed by atoms with Gasteiger partial charge >= 0.3 is 0 Å². The lowest BCUT2D eigenvalue weighted by Crippen LogP contribution is -2.34. The number of nitrogens with one attached hydrogen (secondary N) is 1. The summed E-state index contributed by atoms with van der Waals surface area (Å²) in [7, 11) is 0. The summed E-state index contributed by atoms with van der Waals surface area (Å²) < 4.78 is 10.9. The largest absolute Gasteiger partial charge is 0.381 e. The highest BCUT2D eigenvalue weighted by Crippen LogP contribution is 2.14. The average Bonchev–Trinajstić information content (AvgIpc) is 2.32. The number of hydrogen-bond acceptors (Lipinski definition) is 3. The maximum atomic E-state index is 5.46. The van der Waals surface area contributed by atoms with Crippen molar-refractivity contribution in [2.24, 2.45) is 11.8 Å². The maximum Gasteiger partial charge on any atom is 0.0506 e. The molecule has 2 saturated heterocycles. The molecule has 0 unspecified atom stereocenters. The molecule has 0 amide bonds. The maximum absolute atomic E-state index is 5.46. The van der Waals surface area contributed by atoms with E-state index in [2.05, 4.69) is 5.32 Å². The van der Waals surface area contributed by atoms with Crippen LogP contribution in [0.15, 0.2) is 0 Å². The van der Waals surface area contributed by atoms with Crippen LogP contribution in [-0.4, -0.2) is 39.5 Å². The quantitative estimate of drug-likeness (QED) is 0.766. The van der Waals surface area contributed by atoms with Gasteiger partial charge in [0.15, 0.2) is 0 Å². The van der Waals surface area contributed by atoms with Gasteiger partial charge in [-0.25, -0.2) is 0 Å². The van der Waals surface area contributed by atoms with E-state index in [1.54, 1.807) is 0 Å². The Labute approximate surface area is 92.5 Å². The molecule has 2 fully saturated rings. The second kappa shape index (κ2) is 6.46. The third-order valence-electron chi connectivity index (χ3n) is 3.38. The van der Waals surface area contributed by atoms with E-state index in [1.807, 2.05) is 0 Å². The number of ether oxygens (including phenoxy) is 2. The molecule has 0 aromatic carbocycles. The van der Waals surface area contributed by atoms with Gasteiger partial charge in [-0.15, -0.1) is 0 Å². The fourth-order valence-corrected chi connectivity index (χ4v) is 2.43. The zero-order chi connectivity index (χ0) is 10.3. The van der Waals surface area contributed by atoms with Gasteiger partial charge < -0.3 is 14.8 Å². The van der Waals surface area contributed by atoms with Gasteiger partial charge in [0, 0.05) is 26.3 Å². The summed E-state index contributed by atoms with van der Waals surface area (Å²) in [6, 6.07) is 0. The van der Waals surface area contributed by atoms with Crippen LogP contribution in [0.1, 0.15) is 25.7 Å². The predicted molar refractivity (Wildman–Crippen MR) is 60.0 cm³/mol. The summed E-state index contributed by atoms with van der Waals surface area (Å²) in [5.41, 5.74) is 0. The number of hydrogen-bond donors (Lipinski definition) is 1. The molecule has 0 bridgehead atoms. The van der Waals surface area contributed by atoms with Gasteiger partial charge in [-0.2, -0.15) is 0 Å². The third-order valence-corrected chi connectivity index (χ3v) is 3.38. The van der Waals surface area contributed by atoms with Gasteiger partial charge in [0.05, 0.1) is 13.2 Å². The van der Waals surface area contributed by atoms with E-state index in [0.29, 0.717) is 0 Å². The Hall–Kier alpha value is -0.120. The van der Waals surface area contributed by atoms with Gasteiger partial charge in [-0.05, 0) is 37.5 Å². The van der Waals surface area contributed by atoms with E-state index in [4.69, 9.17) is 9.47 Å². The Morgan fingerprint density at radius 3 is 1.80 bits per heavy atom. The first-order chi connectivity index (χ1) is 7.45. The molecule has 3 nitrogen and oxygen atoms in total. The van der Waals surface area contributed by atoms with Crippen molar-refractivity contribution in [2.75, 3.05) is 39.5 Å². The van der Waals surface area contributed by atoms with E-state index in [0.717, 1.165) is 51.4 Å². The molecule has 0 aromatic heterocycles. The Balaban J connectivity index is 1.53. The zero-order valence-corrected chi connectivity index (χ0v) is 9.54. The Morgan fingerprint density at radius 2 is 1.40 bits per heavy atom. The summed E-state index contributed by atoms with van der Waals surface area (Å²) >= 11 is 0. The van der Waals surface area contributed by atoms with Gasteiger partial charge in [0.25, 0.3) is 0 Å². The molecule has 15 heavy (non-hydrogen) atoms. The molecular weight excluding hydrogens is 190 g/mol. The van der Waals surface area contributed by atoms with Crippen molar-refractivity contribution in [2.45, 2.75) is 25.7 Å². The fraction of sp³-hybridized carbons (Fsp3) is 1.00. The molecule has 2 atom stereocenters. The van der Waals surface area contributed by atoms with E-state index in [-0.39, 0.29) is 0 Å². The van der Waals surface area contributed by atoms with Crippen LogP contribution in [0, 0.1) is 11.8 Å². The summed E-state index contributed by atoms with van der Waals surface area (Å²) in [5, 5.41) is 3.56. The third kappa shape index (κ3) is 4.09. The van der Waals surface area contributed by atoms with Gasteiger partial charge in [0.1, 0.15) is 0 Å². The first-order valence-electron chi connectivity index (χ1n) is 6.31. The van der Waals surface area contributed by atoms with Crippen molar-refractivity contribution in [3.05, 3.63) is 0 Å². The Bertz CT molecular complexity index is 145. The van der Waals surface area contributed by atoms with Crippen molar-refractivity contribution in [1.82, 2.24) is 5.32 Å². The van der Waals surface area contributed by atoms with Gasteiger partial charge in [0.2, 0.25) is 0 Å². The van der Waals surface area contributed by atoms with Crippen LogP contribution in [-0.2, 0) is 9.47 Å². The summed E-state index contributed by atoms with van der Waals surface area (Å²) in [6.45, 7) is 6.08. The highest BCUT2D eigenvalue weighted by molar-refractivity contribution is 4.69. The minimum atomic E-state index is 0.739. The highest BCUT2D eigenvalue weighted by atomic mass is 16.5. The second-order valence-corrected chi connectivity index (χ2v) is 4.82. The molecule has 2 heterocycles. The molecule has 2 aliphatic rings. The van der Waals surface area contributed by atoms with Crippen molar-refractivity contribution in [1.29, 1.82) is 0 Å². The monoisotopic (exact) mass is 213 g/mol. The lowest BCUT2D eigenvalue weighted by atomic mass is 10.0. The van der Waals surface area contributed by atoms with Crippen LogP contribution in [0.25, 0.3) is 0 Å². The summed E-state index contributed by atoms with van der Waals surface area (Å²) in [5.74, 6) is 1.48. The van der Waals surface area contributed by atoms with E-state index in [9.17, 15) is 0 Å². The molecule has 0 saturated carbocycles. The van der Waals surface area contributed by atoms with Crippen molar-refractivity contribution >= 4 is 0 Å². The van der Waals surface area contributed by atoms with Crippen LogP contribution in [0.5, 0.6) is 0 Å². The average molecular weight is 213 g/mol. The number of rotatable bonds is 4. The minimum Gasteiger partial charge on any atom is -0.381 e. The van der Waals surface area contributed by atoms with Crippen molar-refractivity contribution in [3.8, 4) is 0 Å². The SMILES string of the molecule is C1COC[C@H](CNC[C@@H]2CCCOC2)C1. The predicted octanol–water partition coefficient (Wildman–Crippen LogP) is 1.43. The standard InChI is InChI=1S/C12H23NO2/c1-3-11(9-14-5-1)7-13-8-12-4-2-6-15-10-12/h11-13H,1-10H2/t11-,12-/m0/s1. The summed E-state index contributed by atoms with van der Waals surface area (Å²) in [4.78, 5) is 0. The molecule has 0 aliphatic carbocycles. The van der Waals surface area contributed by atoms with Gasteiger partial charge in [-0.1, -0.05) is 0 Å². The fourth-order valence-electron chi connectivity index (χ4n) is 2.43. The van der Waals surface area contributed by atoms with Crippen molar-refractivity contribution < 1.29 is 9.47 Å². The van der Waals surface area contributed by atoms with Crippen LogP contribution in [0.3, 0.4) is 0 Å². The smallest absolute Gasteiger partial charge is 0.0506 e. The normalized spacial score (nSPS) is 32.8. The zero-order valence-electron chi connectivity index (χ0n) is 9.54. The van der Waals surface area contributed by atoms with E-state index < -0.39 is 0 Å². The molecule has 1 N–H and O–H groups in total. The van der Waals surface area contributed by atoms with E-state index >= 15 is 0 Å². The molecule has 0 aromatic rings. The van der Waals surface area contributed by atoms with Crippen LogP contribution in [0.2, 0.25) is 0 Å². The van der Waals surface area contributed by atoms with Crippen LogP contribution >= 0.6 is 0 Å². The Morgan fingerprint density at radius 1 is 0.867 bits per heavy atom. The highest BCUT2D eigenvalue weighted by Gasteiger charge is 2.16. The molecule has 3 heteroatoms. The van der Waals surface area contributed by atoms with Crippen LogP contribution in [0.4, 0.5) is 0 Å². The molecular formula is C12H23NO2. The first kappa shape index (κ1) is 11.4. The molecule has 2 rings (SSSR count). The van der Waals surface area contributed by atoms with Crippen molar-refractivity contribution in [3.63, 3.8) is 0 Å². The second-order valence-electron chi connectivity index (χ2n) is 4.82. The molecule has 0 radical (unpaired) electrons. The first-order valence-corrected chi connectivity index (χ1v) is 6.31. The topological polar surface area (TPSA) is 30.5 Å². The lowest BCUT2D eigenvalue weighted by Gasteiger charge is -2.25. The molecule has 2 aliphatic heterocycles.